The molecule has 1 saturated heterocycles. The van der Waals surface area contributed by atoms with Gasteiger partial charge >= 0.3 is 18.2 Å². The lowest BCUT2D eigenvalue weighted by Crippen LogP contribution is -2.49. The summed E-state index contributed by atoms with van der Waals surface area (Å²) >= 11 is 0. The smallest absolute Gasteiger partial charge is 0.421 e. The quantitative estimate of drug-likeness (QED) is 0.444. The molecule has 37 heavy (non-hydrogen) atoms. The zero-order valence-electron chi connectivity index (χ0n) is 21.7. The minimum absolute atomic E-state index is 0.288. The second kappa shape index (κ2) is 11.0. The maximum Gasteiger partial charge on any atom is 0.421 e. The SMILES string of the molecule is CC(C)(C)OC(=O)N1CC[C@H](OC(=O)C(C)(C)COc2ncccc2C(F)(F)F)[C@@H](c2ccccc2)C1. The number of esters is 1. The molecular weight excluding hydrogens is 489 g/mol. The number of rotatable bonds is 6. The minimum atomic E-state index is -4.64. The Morgan fingerprint density at radius 1 is 1.03 bits per heavy atom. The standard InChI is InChI=1S/C27H33F3N2O5/c1-25(2,3)37-24(34)32-15-13-21(19(16-32)18-10-7-6-8-11-18)36-23(33)26(4,5)17-35-22-20(27(28,29)30)12-9-14-31-22/h6-12,14,19,21H,13,15-17H2,1-5H3/t19-,21+/m1/s1. The van der Waals surface area contributed by atoms with Crippen molar-refractivity contribution in [3.8, 4) is 5.88 Å². The highest BCUT2D eigenvalue weighted by atomic mass is 19.4. The summed E-state index contributed by atoms with van der Waals surface area (Å²) in [6, 6.07) is 11.4. The number of halogens is 3. The van der Waals surface area contributed by atoms with Crippen LogP contribution in [-0.2, 0) is 20.4 Å². The van der Waals surface area contributed by atoms with E-state index in [0.717, 1.165) is 11.6 Å². The zero-order valence-corrected chi connectivity index (χ0v) is 21.7. The number of alkyl halides is 3. The largest absolute Gasteiger partial charge is 0.476 e. The predicted octanol–water partition coefficient (Wildman–Crippen LogP) is 5.84. The highest BCUT2D eigenvalue weighted by Crippen LogP contribution is 2.36. The topological polar surface area (TPSA) is 78.0 Å². The Morgan fingerprint density at radius 2 is 1.70 bits per heavy atom. The number of benzene rings is 1. The van der Waals surface area contributed by atoms with Gasteiger partial charge in [0.05, 0.1) is 5.41 Å². The zero-order chi connectivity index (χ0) is 27.4. The van der Waals surface area contributed by atoms with Gasteiger partial charge in [0.25, 0.3) is 0 Å². The fraction of sp³-hybridized carbons (Fsp3) is 0.519. The number of hydrogen-bond donors (Lipinski definition) is 0. The van der Waals surface area contributed by atoms with Crippen molar-refractivity contribution in [3.05, 3.63) is 59.8 Å². The number of likely N-dealkylation sites (tertiary alicyclic amines) is 1. The molecule has 2 heterocycles. The Kier molecular flexibility index (Phi) is 8.39. The van der Waals surface area contributed by atoms with Crippen molar-refractivity contribution >= 4 is 12.1 Å². The summed E-state index contributed by atoms with van der Waals surface area (Å²) in [5.41, 5.74) is -2.03. The van der Waals surface area contributed by atoms with Crippen molar-refractivity contribution in [1.82, 2.24) is 9.88 Å². The van der Waals surface area contributed by atoms with E-state index >= 15 is 0 Å². The molecule has 1 aliphatic heterocycles. The first-order valence-electron chi connectivity index (χ1n) is 12.1. The Labute approximate surface area is 214 Å². The van der Waals surface area contributed by atoms with Crippen LogP contribution in [0.2, 0.25) is 0 Å². The summed E-state index contributed by atoms with van der Waals surface area (Å²) in [5.74, 6) is -1.52. The number of ether oxygens (including phenoxy) is 3. The van der Waals surface area contributed by atoms with E-state index < -0.39 is 46.8 Å². The van der Waals surface area contributed by atoms with Gasteiger partial charge in [-0.15, -0.1) is 0 Å². The van der Waals surface area contributed by atoms with Gasteiger partial charge in [0, 0.05) is 31.6 Å². The molecule has 0 bridgehead atoms. The molecule has 1 aromatic carbocycles. The molecule has 1 amide bonds. The van der Waals surface area contributed by atoms with Gasteiger partial charge in [0.1, 0.15) is 23.9 Å². The van der Waals surface area contributed by atoms with Gasteiger partial charge in [-0.3, -0.25) is 4.79 Å². The average molecular weight is 523 g/mol. The number of carbonyl (C=O) groups excluding carboxylic acids is 2. The maximum atomic E-state index is 13.3. The average Bonchev–Trinajstić information content (AvgIpc) is 2.82. The van der Waals surface area contributed by atoms with Gasteiger partial charge < -0.3 is 19.1 Å². The van der Waals surface area contributed by atoms with Crippen LogP contribution in [0.4, 0.5) is 18.0 Å². The summed E-state index contributed by atoms with van der Waals surface area (Å²) < 4.78 is 56.6. The van der Waals surface area contributed by atoms with Crippen molar-refractivity contribution in [3.63, 3.8) is 0 Å². The Hall–Kier alpha value is -3.30. The lowest BCUT2D eigenvalue weighted by atomic mass is 9.87. The minimum Gasteiger partial charge on any atom is -0.476 e. The molecule has 0 N–H and O–H groups in total. The lowest BCUT2D eigenvalue weighted by Gasteiger charge is -2.39. The van der Waals surface area contributed by atoms with E-state index in [1.54, 1.807) is 39.5 Å². The maximum absolute atomic E-state index is 13.3. The van der Waals surface area contributed by atoms with Crippen molar-refractivity contribution in [2.75, 3.05) is 19.7 Å². The van der Waals surface area contributed by atoms with Crippen molar-refractivity contribution in [1.29, 1.82) is 0 Å². The molecule has 2 atom stereocenters. The molecule has 202 valence electrons. The first-order chi connectivity index (χ1) is 17.2. The molecule has 7 nitrogen and oxygen atoms in total. The third-order valence-electron chi connectivity index (χ3n) is 5.89. The van der Waals surface area contributed by atoms with Gasteiger partial charge in [-0.1, -0.05) is 30.3 Å². The van der Waals surface area contributed by atoms with Crippen LogP contribution in [0.5, 0.6) is 5.88 Å². The second-order valence-electron chi connectivity index (χ2n) is 10.7. The number of carbonyl (C=O) groups is 2. The van der Waals surface area contributed by atoms with E-state index in [1.165, 1.54) is 12.3 Å². The monoisotopic (exact) mass is 522 g/mol. The van der Waals surface area contributed by atoms with E-state index in [2.05, 4.69) is 4.98 Å². The Balaban J connectivity index is 1.72. The van der Waals surface area contributed by atoms with Gasteiger partial charge in [-0.2, -0.15) is 13.2 Å². The van der Waals surface area contributed by atoms with E-state index in [1.807, 2.05) is 30.3 Å². The summed E-state index contributed by atoms with van der Waals surface area (Å²) in [5, 5.41) is 0. The van der Waals surface area contributed by atoms with Gasteiger partial charge in [-0.05, 0) is 52.3 Å². The predicted molar refractivity (Wildman–Crippen MR) is 130 cm³/mol. The van der Waals surface area contributed by atoms with Crippen molar-refractivity contribution < 1.29 is 37.0 Å². The molecule has 1 aromatic heterocycles. The molecule has 0 spiro atoms. The van der Waals surface area contributed by atoms with Crippen LogP contribution in [0, 0.1) is 5.41 Å². The van der Waals surface area contributed by atoms with Crippen LogP contribution in [0.25, 0.3) is 0 Å². The van der Waals surface area contributed by atoms with Crippen molar-refractivity contribution in [2.45, 2.75) is 64.8 Å². The number of amides is 1. The molecule has 10 heteroatoms. The molecule has 0 radical (unpaired) electrons. The molecule has 1 aliphatic rings. The van der Waals surface area contributed by atoms with E-state index in [-0.39, 0.29) is 19.1 Å². The van der Waals surface area contributed by atoms with Crippen LogP contribution in [0.15, 0.2) is 48.7 Å². The van der Waals surface area contributed by atoms with Gasteiger partial charge in [0.2, 0.25) is 5.88 Å². The van der Waals surface area contributed by atoms with Crippen LogP contribution < -0.4 is 4.74 Å². The number of aromatic nitrogens is 1. The first kappa shape index (κ1) is 28.3. The van der Waals surface area contributed by atoms with Crippen LogP contribution >= 0.6 is 0 Å². The molecule has 3 rings (SSSR count). The van der Waals surface area contributed by atoms with Crippen molar-refractivity contribution in [2.24, 2.45) is 5.41 Å². The summed E-state index contributed by atoms with van der Waals surface area (Å²) in [6.07, 6.45) is -4.06. The fourth-order valence-electron chi connectivity index (χ4n) is 3.91. The molecule has 2 aromatic rings. The third kappa shape index (κ3) is 7.60. The second-order valence-corrected chi connectivity index (χ2v) is 10.7. The molecule has 0 aliphatic carbocycles. The normalized spacial score (nSPS) is 18.8. The molecule has 0 unspecified atom stereocenters. The number of nitrogens with zero attached hydrogens (tertiary/aromatic N) is 2. The fourth-order valence-corrected chi connectivity index (χ4v) is 3.91. The third-order valence-corrected chi connectivity index (χ3v) is 5.89. The van der Waals surface area contributed by atoms with E-state index in [4.69, 9.17) is 14.2 Å². The van der Waals surface area contributed by atoms with Crippen LogP contribution in [0.3, 0.4) is 0 Å². The Morgan fingerprint density at radius 3 is 2.32 bits per heavy atom. The van der Waals surface area contributed by atoms with E-state index in [9.17, 15) is 22.8 Å². The Bertz CT molecular complexity index is 1080. The molecule has 0 saturated carbocycles. The lowest BCUT2D eigenvalue weighted by molar-refractivity contribution is -0.164. The number of piperidine rings is 1. The van der Waals surface area contributed by atoms with Crippen LogP contribution in [0.1, 0.15) is 58.1 Å². The first-order valence-corrected chi connectivity index (χ1v) is 12.1. The summed E-state index contributed by atoms with van der Waals surface area (Å²) in [6.45, 7) is 8.71. The highest BCUT2D eigenvalue weighted by Gasteiger charge is 2.41. The van der Waals surface area contributed by atoms with Gasteiger partial charge in [0.15, 0.2) is 0 Å². The van der Waals surface area contributed by atoms with Gasteiger partial charge in [-0.25, -0.2) is 9.78 Å². The molecular formula is C27H33F3N2O5. The number of hydrogen-bond acceptors (Lipinski definition) is 6. The highest BCUT2D eigenvalue weighted by molar-refractivity contribution is 5.76. The number of pyridine rings is 1. The van der Waals surface area contributed by atoms with E-state index in [0.29, 0.717) is 13.0 Å². The summed E-state index contributed by atoms with van der Waals surface area (Å²) in [7, 11) is 0. The summed E-state index contributed by atoms with van der Waals surface area (Å²) in [4.78, 5) is 31.1. The van der Waals surface area contributed by atoms with Crippen LogP contribution in [-0.4, -0.2) is 53.3 Å². The molecule has 1 fully saturated rings.